The standard InChI is InChI=1S/C15H19NOS/c1-11-4-7-15(12(2)8-11)16-9-13-5-6-14(17-13)10-18-3/h4-8,16H,9-10H2,1-3H3. The van der Waals surface area contributed by atoms with E-state index >= 15 is 0 Å². The van der Waals surface area contributed by atoms with Crippen molar-refractivity contribution in [1.29, 1.82) is 0 Å². The van der Waals surface area contributed by atoms with Gasteiger partial charge in [0.05, 0.1) is 12.3 Å². The van der Waals surface area contributed by atoms with Crippen molar-refractivity contribution >= 4 is 17.4 Å². The summed E-state index contributed by atoms with van der Waals surface area (Å²) in [4.78, 5) is 0. The maximum absolute atomic E-state index is 5.73. The molecule has 0 aliphatic carbocycles. The topological polar surface area (TPSA) is 25.2 Å². The molecule has 0 fully saturated rings. The Labute approximate surface area is 113 Å². The normalized spacial score (nSPS) is 10.6. The number of hydrogen-bond acceptors (Lipinski definition) is 3. The van der Waals surface area contributed by atoms with Gasteiger partial charge in [0.15, 0.2) is 0 Å². The van der Waals surface area contributed by atoms with Crippen molar-refractivity contribution in [3.63, 3.8) is 0 Å². The van der Waals surface area contributed by atoms with Crippen LogP contribution in [0.5, 0.6) is 0 Å². The molecule has 0 aliphatic heterocycles. The van der Waals surface area contributed by atoms with Crippen molar-refractivity contribution in [1.82, 2.24) is 0 Å². The maximum atomic E-state index is 5.73. The number of aryl methyl sites for hydroxylation is 2. The summed E-state index contributed by atoms with van der Waals surface area (Å²) in [5.41, 5.74) is 3.73. The van der Waals surface area contributed by atoms with Crippen LogP contribution in [0.3, 0.4) is 0 Å². The summed E-state index contributed by atoms with van der Waals surface area (Å²) >= 11 is 1.77. The predicted molar refractivity (Wildman–Crippen MR) is 79.2 cm³/mol. The van der Waals surface area contributed by atoms with E-state index < -0.39 is 0 Å². The van der Waals surface area contributed by atoms with Gasteiger partial charge in [-0.25, -0.2) is 0 Å². The van der Waals surface area contributed by atoms with Gasteiger partial charge in [0.2, 0.25) is 0 Å². The van der Waals surface area contributed by atoms with Crippen LogP contribution in [0.1, 0.15) is 22.6 Å². The molecule has 1 N–H and O–H groups in total. The van der Waals surface area contributed by atoms with E-state index in [9.17, 15) is 0 Å². The lowest BCUT2D eigenvalue weighted by atomic mass is 10.1. The highest BCUT2D eigenvalue weighted by Gasteiger charge is 2.03. The Morgan fingerprint density at radius 3 is 2.61 bits per heavy atom. The largest absolute Gasteiger partial charge is 0.463 e. The van der Waals surface area contributed by atoms with Crippen LogP contribution in [0.15, 0.2) is 34.7 Å². The Kier molecular flexibility index (Phi) is 4.37. The molecule has 2 aromatic rings. The summed E-state index contributed by atoms with van der Waals surface area (Å²) in [6.07, 6.45) is 2.08. The molecule has 1 aromatic heterocycles. The quantitative estimate of drug-likeness (QED) is 0.865. The first-order valence-electron chi connectivity index (χ1n) is 6.06. The van der Waals surface area contributed by atoms with E-state index in [0.717, 1.165) is 23.8 Å². The van der Waals surface area contributed by atoms with Crippen molar-refractivity contribution < 1.29 is 4.42 Å². The fraction of sp³-hybridized carbons (Fsp3) is 0.333. The van der Waals surface area contributed by atoms with Crippen LogP contribution < -0.4 is 5.32 Å². The van der Waals surface area contributed by atoms with Gasteiger partial charge in [-0.15, -0.1) is 0 Å². The molecule has 0 aliphatic rings. The van der Waals surface area contributed by atoms with Crippen LogP contribution in [-0.4, -0.2) is 6.26 Å². The SMILES string of the molecule is CSCc1ccc(CNc2ccc(C)cc2C)o1. The Bertz CT molecular complexity index is 519. The maximum Gasteiger partial charge on any atom is 0.123 e. The van der Waals surface area contributed by atoms with Crippen molar-refractivity contribution in [3.05, 3.63) is 53.0 Å². The molecule has 0 unspecified atom stereocenters. The molecule has 1 heterocycles. The molecule has 18 heavy (non-hydrogen) atoms. The van der Waals surface area contributed by atoms with E-state index in [1.807, 2.05) is 6.07 Å². The van der Waals surface area contributed by atoms with Crippen molar-refractivity contribution in [2.24, 2.45) is 0 Å². The van der Waals surface area contributed by atoms with Gasteiger partial charge in [0.1, 0.15) is 11.5 Å². The second kappa shape index (κ2) is 6.01. The van der Waals surface area contributed by atoms with E-state index in [4.69, 9.17) is 4.42 Å². The van der Waals surface area contributed by atoms with Gasteiger partial charge in [0, 0.05) is 5.69 Å². The highest BCUT2D eigenvalue weighted by molar-refractivity contribution is 7.97. The second-order valence-corrected chi connectivity index (χ2v) is 5.34. The molecule has 1 aromatic carbocycles. The van der Waals surface area contributed by atoms with Crippen LogP contribution >= 0.6 is 11.8 Å². The monoisotopic (exact) mass is 261 g/mol. The lowest BCUT2D eigenvalue weighted by Crippen LogP contribution is -2.00. The average Bonchev–Trinajstić information content (AvgIpc) is 2.76. The van der Waals surface area contributed by atoms with Gasteiger partial charge in [-0.1, -0.05) is 17.7 Å². The summed E-state index contributed by atoms with van der Waals surface area (Å²) < 4.78 is 5.73. The Balaban J connectivity index is 1.97. The second-order valence-electron chi connectivity index (χ2n) is 4.47. The van der Waals surface area contributed by atoms with Gasteiger partial charge in [0.25, 0.3) is 0 Å². The molecule has 0 radical (unpaired) electrons. The highest BCUT2D eigenvalue weighted by atomic mass is 32.2. The number of thioether (sulfide) groups is 1. The fourth-order valence-corrected chi connectivity index (χ4v) is 2.37. The minimum atomic E-state index is 0.734. The average molecular weight is 261 g/mol. The van der Waals surface area contributed by atoms with Gasteiger partial charge < -0.3 is 9.73 Å². The molecule has 0 amide bonds. The molecule has 3 heteroatoms. The molecule has 2 rings (SSSR count). The van der Waals surface area contributed by atoms with Crippen LogP contribution in [0.4, 0.5) is 5.69 Å². The summed E-state index contributed by atoms with van der Waals surface area (Å²) in [6, 6.07) is 10.5. The van der Waals surface area contributed by atoms with Gasteiger partial charge >= 0.3 is 0 Å². The molecule has 0 atom stereocenters. The minimum Gasteiger partial charge on any atom is -0.463 e. The first kappa shape index (κ1) is 13.1. The molecule has 0 spiro atoms. The third-order valence-electron chi connectivity index (χ3n) is 2.84. The lowest BCUT2D eigenvalue weighted by Gasteiger charge is -2.08. The number of furan rings is 1. The smallest absolute Gasteiger partial charge is 0.123 e. The zero-order chi connectivity index (χ0) is 13.0. The van der Waals surface area contributed by atoms with Gasteiger partial charge in [-0.2, -0.15) is 11.8 Å². The molecule has 0 saturated carbocycles. The molecular formula is C15H19NOS. The van der Waals surface area contributed by atoms with Crippen LogP contribution in [0.2, 0.25) is 0 Å². The summed E-state index contributed by atoms with van der Waals surface area (Å²) in [5.74, 6) is 2.96. The summed E-state index contributed by atoms with van der Waals surface area (Å²) in [5, 5.41) is 3.41. The first-order chi connectivity index (χ1) is 8.69. The Morgan fingerprint density at radius 1 is 1.11 bits per heavy atom. The number of benzene rings is 1. The number of hydrogen-bond donors (Lipinski definition) is 1. The van der Waals surface area contributed by atoms with E-state index in [1.165, 1.54) is 16.8 Å². The van der Waals surface area contributed by atoms with Crippen LogP contribution in [0.25, 0.3) is 0 Å². The lowest BCUT2D eigenvalue weighted by molar-refractivity contribution is 0.487. The fourth-order valence-electron chi connectivity index (χ4n) is 1.93. The van der Waals surface area contributed by atoms with Crippen LogP contribution in [0, 0.1) is 13.8 Å². The Morgan fingerprint density at radius 2 is 1.89 bits per heavy atom. The van der Waals surface area contributed by atoms with Crippen molar-refractivity contribution in [2.75, 3.05) is 11.6 Å². The van der Waals surface area contributed by atoms with E-state index in [-0.39, 0.29) is 0 Å². The number of nitrogens with one attached hydrogen (secondary N) is 1. The predicted octanol–water partition coefficient (Wildman–Crippen LogP) is 4.37. The minimum absolute atomic E-state index is 0.734. The molecule has 2 nitrogen and oxygen atoms in total. The van der Waals surface area contributed by atoms with Gasteiger partial charge in [-0.3, -0.25) is 0 Å². The van der Waals surface area contributed by atoms with E-state index in [2.05, 4.69) is 49.7 Å². The van der Waals surface area contributed by atoms with Gasteiger partial charge in [-0.05, 0) is 43.9 Å². The Hall–Kier alpha value is -1.35. The zero-order valence-electron chi connectivity index (χ0n) is 11.1. The van der Waals surface area contributed by atoms with Crippen LogP contribution in [-0.2, 0) is 12.3 Å². The first-order valence-corrected chi connectivity index (χ1v) is 7.46. The van der Waals surface area contributed by atoms with Crippen molar-refractivity contribution in [2.45, 2.75) is 26.1 Å². The molecule has 0 bridgehead atoms. The molecular weight excluding hydrogens is 242 g/mol. The number of anilines is 1. The molecule has 0 saturated heterocycles. The van der Waals surface area contributed by atoms with Crippen molar-refractivity contribution in [3.8, 4) is 0 Å². The molecule has 96 valence electrons. The summed E-state index contributed by atoms with van der Waals surface area (Å²) in [7, 11) is 0. The number of rotatable bonds is 5. The third-order valence-corrected chi connectivity index (χ3v) is 3.41. The highest BCUT2D eigenvalue weighted by Crippen LogP contribution is 2.18. The third kappa shape index (κ3) is 3.33. The van der Waals surface area contributed by atoms with E-state index in [0.29, 0.717) is 0 Å². The zero-order valence-corrected chi connectivity index (χ0v) is 11.9. The van der Waals surface area contributed by atoms with E-state index in [1.54, 1.807) is 11.8 Å². The summed E-state index contributed by atoms with van der Waals surface area (Å²) in [6.45, 7) is 4.97.